The standard InChI is InChI=1S/C17H21N3O3/c1-2-19(11-10-17(22)23)16(21)9-8-14-12-18-20(13-14)15-6-4-3-5-7-15/h3-7,12-13H,2,8-11H2,1H3,(H,22,23). The fourth-order valence-electron chi connectivity index (χ4n) is 2.31. The molecule has 0 aliphatic carbocycles. The van der Waals surface area contributed by atoms with Crippen LogP contribution in [0.2, 0.25) is 0 Å². The summed E-state index contributed by atoms with van der Waals surface area (Å²) < 4.78 is 1.78. The molecule has 122 valence electrons. The second kappa shape index (κ2) is 8.12. The highest BCUT2D eigenvalue weighted by Gasteiger charge is 2.13. The van der Waals surface area contributed by atoms with Crippen molar-refractivity contribution in [1.29, 1.82) is 0 Å². The summed E-state index contributed by atoms with van der Waals surface area (Å²) in [4.78, 5) is 24.3. The number of carboxylic acids is 1. The summed E-state index contributed by atoms with van der Waals surface area (Å²) in [6.07, 6.45) is 4.60. The number of aliphatic carboxylic acids is 1. The van der Waals surface area contributed by atoms with Gasteiger partial charge in [0.05, 0.1) is 18.3 Å². The van der Waals surface area contributed by atoms with Crippen molar-refractivity contribution < 1.29 is 14.7 Å². The van der Waals surface area contributed by atoms with Gasteiger partial charge in [0.2, 0.25) is 5.91 Å². The Kier molecular flexibility index (Phi) is 5.91. The van der Waals surface area contributed by atoms with Gasteiger partial charge in [-0.2, -0.15) is 5.10 Å². The first-order valence-electron chi connectivity index (χ1n) is 7.68. The molecule has 23 heavy (non-hydrogen) atoms. The number of carbonyl (C=O) groups excluding carboxylic acids is 1. The monoisotopic (exact) mass is 315 g/mol. The molecule has 2 aromatic rings. The predicted molar refractivity (Wildman–Crippen MR) is 86.4 cm³/mol. The molecule has 0 spiro atoms. The fourth-order valence-corrected chi connectivity index (χ4v) is 2.31. The number of hydrogen-bond donors (Lipinski definition) is 1. The van der Waals surface area contributed by atoms with E-state index in [9.17, 15) is 9.59 Å². The lowest BCUT2D eigenvalue weighted by atomic mass is 10.2. The van der Waals surface area contributed by atoms with E-state index in [4.69, 9.17) is 5.11 Å². The number of amides is 1. The molecule has 0 saturated carbocycles. The lowest BCUT2D eigenvalue weighted by Gasteiger charge is -2.19. The summed E-state index contributed by atoms with van der Waals surface area (Å²) >= 11 is 0. The van der Waals surface area contributed by atoms with E-state index in [2.05, 4.69) is 5.10 Å². The van der Waals surface area contributed by atoms with Gasteiger partial charge in [0.15, 0.2) is 0 Å². The molecular weight excluding hydrogens is 294 g/mol. The highest BCUT2D eigenvalue weighted by atomic mass is 16.4. The quantitative estimate of drug-likeness (QED) is 0.809. The highest BCUT2D eigenvalue weighted by Crippen LogP contribution is 2.10. The Balaban J connectivity index is 1.89. The first-order chi connectivity index (χ1) is 11.1. The number of carboxylic acid groups (broad SMARTS) is 1. The Morgan fingerprint density at radius 3 is 2.61 bits per heavy atom. The molecule has 0 radical (unpaired) electrons. The van der Waals surface area contributed by atoms with E-state index >= 15 is 0 Å². The van der Waals surface area contributed by atoms with Crippen LogP contribution in [0.1, 0.15) is 25.3 Å². The minimum absolute atomic E-state index is 0.0223. The first kappa shape index (κ1) is 16.7. The normalized spacial score (nSPS) is 10.5. The number of para-hydroxylation sites is 1. The number of nitrogens with zero attached hydrogens (tertiary/aromatic N) is 3. The molecule has 0 saturated heterocycles. The molecule has 2 rings (SSSR count). The molecule has 0 atom stereocenters. The number of carbonyl (C=O) groups is 2. The zero-order valence-electron chi connectivity index (χ0n) is 13.2. The summed E-state index contributed by atoms with van der Waals surface area (Å²) in [5, 5.41) is 13.0. The van der Waals surface area contributed by atoms with E-state index in [0.29, 0.717) is 19.4 Å². The van der Waals surface area contributed by atoms with Crippen molar-refractivity contribution >= 4 is 11.9 Å². The van der Waals surface area contributed by atoms with Crippen LogP contribution in [-0.2, 0) is 16.0 Å². The van der Waals surface area contributed by atoms with Gasteiger partial charge in [0, 0.05) is 25.7 Å². The minimum atomic E-state index is -0.889. The van der Waals surface area contributed by atoms with Gasteiger partial charge in [-0.1, -0.05) is 18.2 Å². The molecule has 1 amide bonds. The molecule has 1 aromatic heterocycles. The van der Waals surface area contributed by atoms with Crippen LogP contribution in [0, 0.1) is 0 Å². The Bertz CT molecular complexity index is 652. The number of aryl methyl sites for hydroxylation is 1. The Hall–Kier alpha value is -2.63. The van der Waals surface area contributed by atoms with E-state index in [1.807, 2.05) is 43.5 Å². The number of aromatic nitrogens is 2. The van der Waals surface area contributed by atoms with Crippen LogP contribution in [0.15, 0.2) is 42.7 Å². The summed E-state index contributed by atoms with van der Waals surface area (Å²) in [5.41, 5.74) is 1.96. The third kappa shape index (κ3) is 4.95. The van der Waals surface area contributed by atoms with Gasteiger partial charge in [0.25, 0.3) is 0 Å². The average molecular weight is 315 g/mol. The van der Waals surface area contributed by atoms with E-state index in [1.165, 1.54) is 0 Å². The maximum absolute atomic E-state index is 12.1. The smallest absolute Gasteiger partial charge is 0.305 e. The molecular formula is C17H21N3O3. The van der Waals surface area contributed by atoms with Crippen molar-refractivity contribution in [1.82, 2.24) is 14.7 Å². The van der Waals surface area contributed by atoms with Gasteiger partial charge in [-0.15, -0.1) is 0 Å². The second-order valence-corrected chi connectivity index (χ2v) is 5.25. The Morgan fingerprint density at radius 1 is 1.22 bits per heavy atom. The molecule has 6 heteroatoms. The maximum atomic E-state index is 12.1. The zero-order valence-corrected chi connectivity index (χ0v) is 13.2. The topological polar surface area (TPSA) is 75.4 Å². The van der Waals surface area contributed by atoms with Gasteiger partial charge in [-0.25, -0.2) is 4.68 Å². The van der Waals surface area contributed by atoms with Crippen LogP contribution in [-0.4, -0.2) is 44.8 Å². The van der Waals surface area contributed by atoms with Crippen LogP contribution in [0.3, 0.4) is 0 Å². The van der Waals surface area contributed by atoms with Crippen molar-refractivity contribution in [3.05, 3.63) is 48.3 Å². The van der Waals surface area contributed by atoms with Crippen molar-refractivity contribution in [3.8, 4) is 5.69 Å². The lowest BCUT2D eigenvalue weighted by Crippen LogP contribution is -2.32. The molecule has 6 nitrogen and oxygen atoms in total. The van der Waals surface area contributed by atoms with E-state index in [0.717, 1.165) is 11.3 Å². The number of rotatable bonds is 8. The largest absolute Gasteiger partial charge is 0.481 e. The third-order valence-electron chi connectivity index (χ3n) is 3.61. The van der Waals surface area contributed by atoms with Gasteiger partial charge in [0.1, 0.15) is 0 Å². The minimum Gasteiger partial charge on any atom is -0.481 e. The molecule has 0 bridgehead atoms. The van der Waals surface area contributed by atoms with Crippen LogP contribution in [0.4, 0.5) is 0 Å². The van der Waals surface area contributed by atoms with E-state index in [-0.39, 0.29) is 18.9 Å². The van der Waals surface area contributed by atoms with Gasteiger partial charge in [-0.3, -0.25) is 9.59 Å². The molecule has 0 aliphatic heterocycles. The van der Waals surface area contributed by atoms with E-state index in [1.54, 1.807) is 15.8 Å². The Morgan fingerprint density at radius 2 is 1.96 bits per heavy atom. The van der Waals surface area contributed by atoms with Crippen LogP contribution < -0.4 is 0 Å². The zero-order chi connectivity index (χ0) is 16.7. The molecule has 1 N–H and O–H groups in total. The fraction of sp³-hybridized carbons (Fsp3) is 0.353. The summed E-state index contributed by atoms with van der Waals surface area (Å²) in [7, 11) is 0. The van der Waals surface area contributed by atoms with Crippen molar-refractivity contribution in [2.45, 2.75) is 26.2 Å². The SMILES string of the molecule is CCN(CCC(=O)O)C(=O)CCc1cnn(-c2ccccc2)c1. The molecule has 0 unspecified atom stereocenters. The Labute approximate surface area is 135 Å². The van der Waals surface area contributed by atoms with Gasteiger partial charge < -0.3 is 10.0 Å². The summed E-state index contributed by atoms with van der Waals surface area (Å²) in [6, 6.07) is 9.77. The third-order valence-corrected chi connectivity index (χ3v) is 3.61. The predicted octanol–water partition coefficient (Wildman–Crippen LogP) is 2.13. The average Bonchev–Trinajstić information content (AvgIpc) is 3.03. The molecule has 1 aromatic carbocycles. The molecule has 0 aliphatic rings. The summed E-state index contributed by atoms with van der Waals surface area (Å²) in [6.45, 7) is 2.64. The maximum Gasteiger partial charge on any atom is 0.305 e. The first-order valence-corrected chi connectivity index (χ1v) is 7.68. The number of benzene rings is 1. The number of hydrogen-bond acceptors (Lipinski definition) is 3. The van der Waals surface area contributed by atoms with Crippen molar-refractivity contribution in [2.75, 3.05) is 13.1 Å². The highest BCUT2D eigenvalue weighted by molar-refractivity contribution is 5.77. The molecule has 1 heterocycles. The van der Waals surface area contributed by atoms with Gasteiger partial charge >= 0.3 is 5.97 Å². The van der Waals surface area contributed by atoms with Gasteiger partial charge in [-0.05, 0) is 31.0 Å². The van der Waals surface area contributed by atoms with Crippen LogP contribution in [0.5, 0.6) is 0 Å². The van der Waals surface area contributed by atoms with Crippen LogP contribution in [0.25, 0.3) is 5.69 Å². The van der Waals surface area contributed by atoms with Crippen molar-refractivity contribution in [2.24, 2.45) is 0 Å². The van der Waals surface area contributed by atoms with Crippen molar-refractivity contribution in [3.63, 3.8) is 0 Å². The summed E-state index contributed by atoms with van der Waals surface area (Å²) in [5.74, 6) is -0.915. The lowest BCUT2D eigenvalue weighted by molar-refractivity contribution is -0.138. The van der Waals surface area contributed by atoms with E-state index < -0.39 is 5.97 Å². The molecule has 0 fully saturated rings. The second-order valence-electron chi connectivity index (χ2n) is 5.25. The van der Waals surface area contributed by atoms with Crippen LogP contribution >= 0.6 is 0 Å².